The van der Waals surface area contributed by atoms with Gasteiger partial charge in [0.15, 0.2) is 0 Å². The van der Waals surface area contributed by atoms with E-state index >= 15 is 0 Å². The molecule has 0 radical (unpaired) electrons. The molecular weight excluding hydrogens is 234 g/mol. The minimum Gasteiger partial charge on any atom is -0.496 e. The Morgan fingerprint density at radius 3 is 2.47 bits per heavy atom. The molecular formula is C17H25NO. The fourth-order valence-electron chi connectivity index (χ4n) is 3.73. The minimum atomic E-state index is 0.181. The van der Waals surface area contributed by atoms with Crippen LogP contribution < -0.4 is 10.5 Å². The molecule has 1 unspecified atom stereocenters. The van der Waals surface area contributed by atoms with Crippen LogP contribution in [0, 0.1) is 0 Å². The van der Waals surface area contributed by atoms with Crippen molar-refractivity contribution in [1.82, 2.24) is 0 Å². The Bertz CT molecular complexity index is 456. The first kappa shape index (κ1) is 13.0. The fraction of sp³-hybridized carbons (Fsp3) is 0.647. The minimum absolute atomic E-state index is 0.181. The normalized spacial score (nSPS) is 23.3. The number of hydrogen-bond donors (Lipinski definition) is 1. The molecule has 2 fully saturated rings. The number of methoxy groups -OCH3 is 1. The predicted octanol–water partition coefficient (Wildman–Crippen LogP) is 3.73. The molecule has 104 valence electrons. The fourth-order valence-corrected chi connectivity index (χ4v) is 3.73. The van der Waals surface area contributed by atoms with Gasteiger partial charge in [0.1, 0.15) is 5.75 Å². The summed E-state index contributed by atoms with van der Waals surface area (Å²) >= 11 is 0. The van der Waals surface area contributed by atoms with E-state index < -0.39 is 0 Å². The molecule has 0 aromatic heterocycles. The molecule has 2 saturated carbocycles. The van der Waals surface area contributed by atoms with Crippen molar-refractivity contribution >= 4 is 0 Å². The van der Waals surface area contributed by atoms with Crippen molar-refractivity contribution < 1.29 is 4.74 Å². The first-order valence-electron chi connectivity index (χ1n) is 7.61. The highest BCUT2D eigenvalue weighted by Gasteiger charge is 2.49. The molecule has 2 nitrogen and oxygen atoms in total. The molecule has 0 aliphatic heterocycles. The van der Waals surface area contributed by atoms with Crippen LogP contribution >= 0.6 is 0 Å². The molecule has 0 heterocycles. The number of rotatable bonds is 4. The van der Waals surface area contributed by atoms with Crippen LogP contribution in [0.5, 0.6) is 5.75 Å². The van der Waals surface area contributed by atoms with Gasteiger partial charge in [-0.1, -0.05) is 25.0 Å². The van der Waals surface area contributed by atoms with E-state index in [0.717, 1.165) is 11.7 Å². The second-order valence-corrected chi connectivity index (χ2v) is 6.39. The van der Waals surface area contributed by atoms with Crippen molar-refractivity contribution in [3.8, 4) is 5.75 Å². The molecule has 0 bridgehead atoms. The van der Waals surface area contributed by atoms with Crippen molar-refractivity contribution in [3.05, 3.63) is 29.3 Å². The zero-order chi connectivity index (χ0) is 13.5. The van der Waals surface area contributed by atoms with Gasteiger partial charge in [-0.15, -0.1) is 0 Å². The molecule has 2 N–H and O–H groups in total. The summed E-state index contributed by atoms with van der Waals surface area (Å²) in [5.74, 6) is 1.78. The van der Waals surface area contributed by atoms with Crippen molar-refractivity contribution in [3.63, 3.8) is 0 Å². The van der Waals surface area contributed by atoms with Gasteiger partial charge in [0.2, 0.25) is 0 Å². The molecule has 0 amide bonds. The second kappa shape index (κ2) is 4.82. The lowest BCUT2D eigenvalue weighted by Crippen LogP contribution is -2.32. The van der Waals surface area contributed by atoms with E-state index in [1.807, 2.05) is 0 Å². The van der Waals surface area contributed by atoms with Gasteiger partial charge in [0.25, 0.3) is 0 Å². The van der Waals surface area contributed by atoms with E-state index in [4.69, 9.17) is 10.5 Å². The molecule has 2 aliphatic carbocycles. The highest BCUT2D eigenvalue weighted by Crippen LogP contribution is 2.54. The summed E-state index contributed by atoms with van der Waals surface area (Å²) in [5.41, 5.74) is 9.27. The Labute approximate surface area is 116 Å². The lowest BCUT2D eigenvalue weighted by molar-refractivity contribution is 0.398. The largest absolute Gasteiger partial charge is 0.496 e. The molecule has 19 heavy (non-hydrogen) atoms. The molecule has 2 heteroatoms. The monoisotopic (exact) mass is 259 g/mol. The number of hydrogen-bond acceptors (Lipinski definition) is 2. The van der Waals surface area contributed by atoms with Gasteiger partial charge < -0.3 is 10.5 Å². The van der Waals surface area contributed by atoms with Crippen LogP contribution in [-0.2, 0) is 5.41 Å². The van der Waals surface area contributed by atoms with Gasteiger partial charge >= 0.3 is 0 Å². The van der Waals surface area contributed by atoms with Crippen LogP contribution in [-0.4, -0.2) is 13.2 Å². The van der Waals surface area contributed by atoms with Crippen LogP contribution in [0.2, 0.25) is 0 Å². The Kier molecular flexibility index (Phi) is 3.30. The van der Waals surface area contributed by atoms with Gasteiger partial charge in [0, 0.05) is 17.0 Å². The van der Waals surface area contributed by atoms with Gasteiger partial charge in [-0.05, 0) is 50.2 Å². The Morgan fingerprint density at radius 1 is 1.26 bits per heavy atom. The van der Waals surface area contributed by atoms with Crippen molar-refractivity contribution in [2.75, 3.05) is 7.11 Å². The Morgan fingerprint density at radius 2 is 1.95 bits per heavy atom. The number of benzene rings is 1. The van der Waals surface area contributed by atoms with Gasteiger partial charge in [-0.3, -0.25) is 0 Å². The van der Waals surface area contributed by atoms with E-state index in [1.54, 1.807) is 7.11 Å². The third-order valence-corrected chi connectivity index (χ3v) is 5.25. The summed E-state index contributed by atoms with van der Waals surface area (Å²) in [6, 6.07) is 7.02. The Hall–Kier alpha value is -1.02. The smallest absolute Gasteiger partial charge is 0.122 e. The average molecular weight is 259 g/mol. The highest BCUT2D eigenvalue weighted by atomic mass is 16.5. The maximum absolute atomic E-state index is 6.24. The summed E-state index contributed by atoms with van der Waals surface area (Å²) < 4.78 is 5.58. The van der Waals surface area contributed by atoms with E-state index in [-0.39, 0.29) is 11.5 Å². The summed E-state index contributed by atoms with van der Waals surface area (Å²) in [5, 5.41) is 0. The van der Waals surface area contributed by atoms with E-state index in [0.29, 0.717) is 0 Å². The summed E-state index contributed by atoms with van der Waals surface area (Å²) in [7, 11) is 1.77. The maximum Gasteiger partial charge on any atom is 0.122 e. The third kappa shape index (κ3) is 2.16. The van der Waals surface area contributed by atoms with Crippen LogP contribution in [0.25, 0.3) is 0 Å². The standard InChI is InChI=1S/C17H25NO/c1-12(18)17(9-10-17)15-11-14(7-8-16(15)19-2)13-5-3-4-6-13/h7-8,11-13H,3-6,9-10,18H2,1-2H3. The summed E-state index contributed by atoms with van der Waals surface area (Å²) in [6.07, 6.45) is 7.85. The van der Waals surface area contributed by atoms with Crippen LogP contribution in [0.15, 0.2) is 18.2 Å². The third-order valence-electron chi connectivity index (χ3n) is 5.25. The van der Waals surface area contributed by atoms with Gasteiger partial charge in [-0.2, -0.15) is 0 Å². The van der Waals surface area contributed by atoms with E-state index in [1.165, 1.54) is 49.7 Å². The quantitative estimate of drug-likeness (QED) is 0.894. The molecule has 3 rings (SSSR count). The topological polar surface area (TPSA) is 35.2 Å². The average Bonchev–Trinajstić information content (AvgIpc) is 3.06. The first-order chi connectivity index (χ1) is 9.17. The maximum atomic E-state index is 6.24. The summed E-state index contributed by atoms with van der Waals surface area (Å²) in [4.78, 5) is 0. The molecule has 1 atom stereocenters. The first-order valence-corrected chi connectivity index (χ1v) is 7.61. The molecule has 2 aliphatic rings. The second-order valence-electron chi connectivity index (χ2n) is 6.39. The van der Waals surface area contributed by atoms with Crippen molar-refractivity contribution in [1.29, 1.82) is 0 Å². The van der Waals surface area contributed by atoms with Crippen molar-refractivity contribution in [2.45, 2.75) is 62.8 Å². The lowest BCUT2D eigenvalue weighted by Gasteiger charge is -2.24. The molecule has 0 saturated heterocycles. The zero-order valence-electron chi connectivity index (χ0n) is 12.1. The SMILES string of the molecule is COc1ccc(C2CCCC2)cc1C1(C(C)N)CC1. The zero-order valence-corrected chi connectivity index (χ0v) is 12.1. The predicted molar refractivity (Wildman–Crippen MR) is 78.8 cm³/mol. The van der Waals surface area contributed by atoms with Crippen molar-refractivity contribution in [2.24, 2.45) is 5.73 Å². The lowest BCUT2D eigenvalue weighted by atomic mass is 9.85. The molecule has 1 aromatic rings. The number of nitrogens with two attached hydrogens (primary N) is 1. The van der Waals surface area contributed by atoms with E-state index in [9.17, 15) is 0 Å². The van der Waals surface area contributed by atoms with Crippen LogP contribution in [0.3, 0.4) is 0 Å². The van der Waals surface area contributed by atoms with Crippen LogP contribution in [0.4, 0.5) is 0 Å². The summed E-state index contributed by atoms with van der Waals surface area (Å²) in [6.45, 7) is 2.13. The van der Waals surface area contributed by atoms with Crippen LogP contribution in [0.1, 0.15) is 62.5 Å². The van der Waals surface area contributed by atoms with Gasteiger partial charge in [-0.25, -0.2) is 0 Å². The Balaban J connectivity index is 1.98. The van der Waals surface area contributed by atoms with E-state index in [2.05, 4.69) is 25.1 Å². The van der Waals surface area contributed by atoms with Gasteiger partial charge in [0.05, 0.1) is 7.11 Å². The highest BCUT2D eigenvalue weighted by molar-refractivity contribution is 5.47. The molecule has 1 aromatic carbocycles. The molecule has 0 spiro atoms. The number of ether oxygens (including phenoxy) is 1.